The highest BCUT2D eigenvalue weighted by Crippen LogP contribution is 2.20. The molecule has 0 amide bonds. The molecule has 19 heavy (non-hydrogen) atoms. The second kappa shape index (κ2) is 4.47. The van der Waals surface area contributed by atoms with E-state index in [1.807, 2.05) is 24.5 Å². The van der Waals surface area contributed by atoms with Crippen molar-refractivity contribution in [2.24, 2.45) is 0 Å². The van der Waals surface area contributed by atoms with Gasteiger partial charge in [0.1, 0.15) is 5.76 Å². The van der Waals surface area contributed by atoms with Gasteiger partial charge in [-0.3, -0.25) is 4.57 Å². The van der Waals surface area contributed by atoms with Crippen molar-refractivity contribution >= 4 is 35.0 Å². The number of nitrogens with one attached hydrogen (secondary N) is 1. The van der Waals surface area contributed by atoms with E-state index >= 15 is 0 Å². The molecule has 0 aliphatic rings. The lowest BCUT2D eigenvalue weighted by atomic mass is 10.2. The van der Waals surface area contributed by atoms with Crippen LogP contribution in [0.15, 0.2) is 16.8 Å². The third-order valence-corrected chi connectivity index (χ3v) is 3.60. The van der Waals surface area contributed by atoms with Crippen molar-refractivity contribution < 1.29 is 4.52 Å². The van der Waals surface area contributed by atoms with Crippen LogP contribution in [0, 0.1) is 18.6 Å². The van der Waals surface area contributed by atoms with Crippen LogP contribution in [-0.4, -0.2) is 19.7 Å². The number of H-pyrrole nitrogens is 1. The summed E-state index contributed by atoms with van der Waals surface area (Å²) in [7, 11) is 0. The molecule has 0 saturated heterocycles. The third kappa shape index (κ3) is 2.06. The zero-order chi connectivity index (χ0) is 13.6. The van der Waals surface area contributed by atoms with Crippen molar-refractivity contribution in [3.8, 4) is 0 Å². The minimum atomic E-state index is 0.577. The summed E-state index contributed by atoms with van der Waals surface area (Å²) in [4.78, 5) is 7.42. The predicted octanol–water partition coefficient (Wildman–Crippen LogP) is 3.40. The first-order valence-corrected chi connectivity index (χ1v) is 6.50. The van der Waals surface area contributed by atoms with Crippen molar-refractivity contribution in [2.75, 3.05) is 0 Å². The highest BCUT2D eigenvalue weighted by atomic mass is 35.5. The third-order valence-electron chi connectivity index (χ3n) is 3.07. The van der Waals surface area contributed by atoms with Crippen LogP contribution in [0.1, 0.15) is 17.0 Å². The molecule has 0 unspecified atom stereocenters. The number of aromatic amines is 1. The molecule has 0 aliphatic heterocycles. The van der Waals surface area contributed by atoms with Gasteiger partial charge in [-0.05, 0) is 32.1 Å². The molecule has 0 bridgehead atoms. The molecule has 3 aromatic heterocycles. The fourth-order valence-electron chi connectivity index (χ4n) is 2.05. The first-order valence-electron chi connectivity index (χ1n) is 5.72. The SMILES string of the molecule is Cc1noc(C)c1Cn1c(=S)[nH]c2cc(Cl)cnc21. The van der Waals surface area contributed by atoms with Crippen molar-refractivity contribution in [3.63, 3.8) is 0 Å². The largest absolute Gasteiger partial charge is 0.361 e. The molecule has 3 heterocycles. The standard InChI is InChI=1S/C12H11ClN4OS/c1-6-9(7(2)18-16-6)5-17-11-10(15-12(17)19)3-8(13)4-14-11/h3-4H,5H2,1-2H3,(H,15,19). The van der Waals surface area contributed by atoms with Gasteiger partial charge in [-0.1, -0.05) is 16.8 Å². The summed E-state index contributed by atoms with van der Waals surface area (Å²) in [5.41, 5.74) is 3.48. The molecular weight excluding hydrogens is 284 g/mol. The predicted molar refractivity (Wildman–Crippen MR) is 75.0 cm³/mol. The van der Waals surface area contributed by atoms with E-state index in [4.69, 9.17) is 28.3 Å². The summed E-state index contributed by atoms with van der Waals surface area (Å²) in [6.07, 6.45) is 1.61. The fraction of sp³-hybridized carbons (Fsp3) is 0.250. The highest BCUT2D eigenvalue weighted by Gasteiger charge is 2.13. The van der Waals surface area contributed by atoms with Gasteiger partial charge >= 0.3 is 0 Å². The smallest absolute Gasteiger partial charge is 0.179 e. The Bertz CT molecular complexity index is 797. The molecule has 0 aliphatic carbocycles. The zero-order valence-electron chi connectivity index (χ0n) is 10.4. The number of pyridine rings is 1. The van der Waals surface area contributed by atoms with E-state index < -0.39 is 0 Å². The van der Waals surface area contributed by atoms with Gasteiger partial charge < -0.3 is 9.51 Å². The van der Waals surface area contributed by atoms with E-state index in [0.717, 1.165) is 28.2 Å². The summed E-state index contributed by atoms with van der Waals surface area (Å²) in [5, 5.41) is 4.52. The normalized spacial score (nSPS) is 11.3. The summed E-state index contributed by atoms with van der Waals surface area (Å²) < 4.78 is 7.68. The summed E-state index contributed by atoms with van der Waals surface area (Å²) in [5.74, 6) is 0.794. The Hall–Kier alpha value is -1.66. The fourth-order valence-corrected chi connectivity index (χ4v) is 2.47. The van der Waals surface area contributed by atoms with Gasteiger partial charge in [-0.25, -0.2) is 4.98 Å². The van der Waals surface area contributed by atoms with E-state index in [2.05, 4.69) is 15.1 Å². The highest BCUT2D eigenvalue weighted by molar-refractivity contribution is 7.71. The second-order valence-electron chi connectivity index (χ2n) is 4.34. The van der Waals surface area contributed by atoms with Crippen molar-refractivity contribution in [1.29, 1.82) is 0 Å². The summed E-state index contributed by atoms with van der Waals surface area (Å²) in [6.45, 7) is 4.38. The van der Waals surface area contributed by atoms with Crippen molar-refractivity contribution in [2.45, 2.75) is 20.4 Å². The molecule has 0 radical (unpaired) electrons. The number of nitrogens with zero attached hydrogens (tertiary/aromatic N) is 3. The number of fused-ring (bicyclic) bond motifs is 1. The molecule has 0 spiro atoms. The Kier molecular flexibility index (Phi) is 2.91. The molecule has 0 atom stereocenters. The Morgan fingerprint density at radius 2 is 2.26 bits per heavy atom. The number of aryl methyl sites for hydroxylation is 2. The van der Waals surface area contributed by atoms with E-state index in [0.29, 0.717) is 16.3 Å². The number of aromatic nitrogens is 4. The van der Waals surface area contributed by atoms with Gasteiger partial charge in [0.15, 0.2) is 10.4 Å². The minimum Gasteiger partial charge on any atom is -0.361 e. The second-order valence-corrected chi connectivity index (χ2v) is 5.17. The Labute approximate surface area is 119 Å². The van der Waals surface area contributed by atoms with Crippen LogP contribution in [0.25, 0.3) is 11.2 Å². The van der Waals surface area contributed by atoms with Crippen LogP contribution in [0.4, 0.5) is 0 Å². The van der Waals surface area contributed by atoms with E-state index in [9.17, 15) is 0 Å². The number of hydrogen-bond donors (Lipinski definition) is 1. The molecule has 5 nitrogen and oxygen atoms in total. The molecule has 3 rings (SSSR count). The number of hydrogen-bond acceptors (Lipinski definition) is 4. The minimum absolute atomic E-state index is 0.577. The Morgan fingerprint density at radius 3 is 2.95 bits per heavy atom. The number of imidazole rings is 1. The summed E-state index contributed by atoms with van der Waals surface area (Å²) >= 11 is 11.3. The van der Waals surface area contributed by atoms with Crippen LogP contribution >= 0.6 is 23.8 Å². The average molecular weight is 295 g/mol. The maximum atomic E-state index is 5.92. The van der Waals surface area contributed by atoms with Gasteiger partial charge in [0.2, 0.25) is 0 Å². The van der Waals surface area contributed by atoms with E-state index in [1.165, 1.54) is 0 Å². The van der Waals surface area contributed by atoms with Crippen LogP contribution in [0.3, 0.4) is 0 Å². The van der Waals surface area contributed by atoms with Gasteiger partial charge in [0.05, 0.1) is 22.8 Å². The Balaban J connectivity index is 2.16. The molecule has 0 fully saturated rings. The van der Waals surface area contributed by atoms with E-state index in [-0.39, 0.29) is 0 Å². The van der Waals surface area contributed by atoms with Gasteiger partial charge in [0, 0.05) is 11.8 Å². The molecular formula is C12H11ClN4OS. The lowest BCUT2D eigenvalue weighted by Gasteiger charge is -2.03. The molecule has 0 aromatic carbocycles. The molecule has 7 heteroatoms. The summed E-state index contributed by atoms with van der Waals surface area (Å²) in [6, 6.07) is 1.81. The van der Waals surface area contributed by atoms with Gasteiger partial charge in [-0.15, -0.1) is 0 Å². The van der Waals surface area contributed by atoms with E-state index in [1.54, 1.807) is 6.20 Å². The zero-order valence-corrected chi connectivity index (χ0v) is 12.0. The number of halogens is 1. The molecule has 1 N–H and O–H groups in total. The van der Waals surface area contributed by atoms with Crippen molar-refractivity contribution in [3.05, 3.63) is 39.1 Å². The van der Waals surface area contributed by atoms with Crippen LogP contribution in [-0.2, 0) is 6.54 Å². The van der Waals surface area contributed by atoms with Gasteiger partial charge in [-0.2, -0.15) is 0 Å². The number of rotatable bonds is 2. The lowest BCUT2D eigenvalue weighted by molar-refractivity contribution is 0.392. The monoisotopic (exact) mass is 294 g/mol. The maximum absolute atomic E-state index is 5.92. The maximum Gasteiger partial charge on any atom is 0.179 e. The van der Waals surface area contributed by atoms with Crippen LogP contribution in [0.2, 0.25) is 5.02 Å². The molecule has 98 valence electrons. The molecule has 0 saturated carbocycles. The topological polar surface area (TPSA) is 59.6 Å². The average Bonchev–Trinajstić information content (AvgIpc) is 2.83. The Morgan fingerprint density at radius 1 is 1.47 bits per heavy atom. The van der Waals surface area contributed by atoms with Crippen molar-refractivity contribution in [1.82, 2.24) is 19.7 Å². The molecule has 3 aromatic rings. The van der Waals surface area contributed by atoms with Gasteiger partial charge in [0.25, 0.3) is 0 Å². The lowest BCUT2D eigenvalue weighted by Crippen LogP contribution is -2.02. The van der Waals surface area contributed by atoms with Crippen LogP contribution < -0.4 is 0 Å². The van der Waals surface area contributed by atoms with Crippen LogP contribution in [0.5, 0.6) is 0 Å². The first kappa shape index (κ1) is 12.4. The first-order chi connectivity index (χ1) is 9.06. The quantitative estimate of drug-likeness (QED) is 0.736.